The minimum absolute atomic E-state index is 0. The van der Waals surface area contributed by atoms with E-state index in [1.807, 2.05) is 0 Å². The van der Waals surface area contributed by atoms with Gasteiger partial charge in [0.25, 0.3) is 0 Å². The van der Waals surface area contributed by atoms with Gasteiger partial charge in [0.1, 0.15) is 0 Å². The van der Waals surface area contributed by atoms with Gasteiger partial charge < -0.3 is 9.41 Å². The topological polar surface area (TPSA) is 0 Å². The van der Waals surface area contributed by atoms with Crippen molar-refractivity contribution in [2.75, 3.05) is 0 Å². The fraction of sp³-hybridized carbons (Fsp3) is 0.529. The predicted octanol–water partition coefficient (Wildman–Crippen LogP) is -0.797. The van der Waals surface area contributed by atoms with Crippen LogP contribution in [0.4, 0.5) is 0 Å². The normalized spacial score (nSPS) is 18.9. The number of hydrogen-bond donors (Lipinski definition) is 0. The molecule has 0 heterocycles. The van der Waals surface area contributed by atoms with Gasteiger partial charge in [-0.05, 0) is 0 Å². The fourth-order valence-electron chi connectivity index (χ4n) is 2.05. The van der Waals surface area contributed by atoms with Crippen LogP contribution in [0, 0.1) is 18.1 Å². The van der Waals surface area contributed by atoms with Crippen LogP contribution in [-0.2, 0) is 26.2 Å². The third-order valence-corrected chi connectivity index (χ3v) is 3.52. The van der Waals surface area contributed by atoms with Crippen molar-refractivity contribution >= 4 is 0 Å². The molecule has 0 spiro atoms. The van der Waals surface area contributed by atoms with Crippen LogP contribution in [0.15, 0.2) is 34.4 Å². The van der Waals surface area contributed by atoms with Crippen LogP contribution in [-0.4, -0.2) is 0 Å². The molecule has 0 aliphatic heterocycles. The van der Waals surface area contributed by atoms with Gasteiger partial charge in [0.05, 0.1) is 0 Å². The van der Waals surface area contributed by atoms with E-state index in [4.69, 9.17) is 0 Å². The van der Waals surface area contributed by atoms with E-state index in [0.29, 0.717) is 5.92 Å². The molecule has 0 bridgehead atoms. The van der Waals surface area contributed by atoms with E-state index in [2.05, 4.69) is 58.9 Å². The fourth-order valence-corrected chi connectivity index (χ4v) is 2.05. The average Bonchev–Trinajstić information content (AvgIpc) is 2.87. The first-order chi connectivity index (χ1) is 8.06. The SMILES string of the molecule is CC1=[C-]C(C)C(C)=C1C.CCCC1=[C-]CC=C1.[F-].[F-].[Zr+2]. The van der Waals surface area contributed by atoms with Crippen LogP contribution in [0.1, 0.15) is 53.9 Å². The van der Waals surface area contributed by atoms with E-state index in [1.165, 1.54) is 35.1 Å². The van der Waals surface area contributed by atoms with Crippen LogP contribution in [0.25, 0.3) is 0 Å². The van der Waals surface area contributed by atoms with E-state index < -0.39 is 0 Å². The van der Waals surface area contributed by atoms with Gasteiger partial charge in [-0.3, -0.25) is 12.2 Å². The second-order valence-corrected chi connectivity index (χ2v) is 4.86. The first-order valence-electron chi connectivity index (χ1n) is 6.60. The number of allylic oxidation sites excluding steroid dienone is 8. The van der Waals surface area contributed by atoms with Crippen molar-refractivity contribution in [3.05, 3.63) is 46.6 Å². The number of halogens is 2. The van der Waals surface area contributed by atoms with E-state index in [1.54, 1.807) is 0 Å². The zero-order valence-corrected chi connectivity index (χ0v) is 15.6. The molecule has 0 aromatic rings. The minimum atomic E-state index is 0. The molecule has 0 aromatic heterocycles. The smallest absolute Gasteiger partial charge is 1.00 e. The number of rotatable bonds is 2. The number of hydrogen-bond acceptors (Lipinski definition) is 0. The summed E-state index contributed by atoms with van der Waals surface area (Å²) in [6.45, 7) is 10.9. The van der Waals surface area contributed by atoms with Gasteiger partial charge in [0.15, 0.2) is 0 Å². The van der Waals surface area contributed by atoms with Crippen LogP contribution in [0.2, 0.25) is 0 Å². The monoisotopic (exact) mass is 356 g/mol. The minimum Gasteiger partial charge on any atom is -1.00 e. The van der Waals surface area contributed by atoms with E-state index in [0.717, 1.165) is 6.42 Å². The second-order valence-electron chi connectivity index (χ2n) is 4.86. The Labute approximate surface area is 142 Å². The molecule has 112 valence electrons. The van der Waals surface area contributed by atoms with Crippen molar-refractivity contribution in [2.45, 2.75) is 53.9 Å². The molecule has 2 aliphatic carbocycles. The van der Waals surface area contributed by atoms with Crippen LogP contribution in [0.5, 0.6) is 0 Å². The maximum atomic E-state index is 3.36. The summed E-state index contributed by atoms with van der Waals surface area (Å²) >= 11 is 0. The Morgan fingerprint density at radius 3 is 2.05 bits per heavy atom. The zero-order valence-electron chi connectivity index (χ0n) is 13.1. The standard InChI is InChI=1S/C9H13.C8H11.2FH.Zr/c1-6-5-7(2)9(4)8(6)3;1-2-5-8-6-3-4-7-8;;;/h6H,1-4H3;3,6H,2,4-5H2,1H3;2*1H;/q2*-1;;;+2/p-2. The summed E-state index contributed by atoms with van der Waals surface area (Å²) in [6, 6.07) is 0. The van der Waals surface area contributed by atoms with Crippen LogP contribution in [0.3, 0.4) is 0 Å². The largest absolute Gasteiger partial charge is 2.00 e. The molecule has 1 atom stereocenters. The molecule has 0 aromatic carbocycles. The summed E-state index contributed by atoms with van der Waals surface area (Å²) in [5, 5.41) is 0. The molecule has 0 nitrogen and oxygen atoms in total. The summed E-state index contributed by atoms with van der Waals surface area (Å²) in [7, 11) is 0. The first kappa shape index (κ1) is 24.7. The van der Waals surface area contributed by atoms with Gasteiger partial charge in [-0.15, -0.1) is 13.3 Å². The van der Waals surface area contributed by atoms with Crippen LogP contribution >= 0.6 is 0 Å². The van der Waals surface area contributed by atoms with Gasteiger partial charge in [0, 0.05) is 0 Å². The Kier molecular flexibility index (Phi) is 15.4. The second kappa shape index (κ2) is 12.4. The van der Waals surface area contributed by atoms with Crippen molar-refractivity contribution in [3.63, 3.8) is 0 Å². The van der Waals surface area contributed by atoms with Gasteiger partial charge in [0.2, 0.25) is 0 Å². The molecule has 1 unspecified atom stereocenters. The maximum absolute atomic E-state index is 3.36. The molecule has 3 heteroatoms. The zero-order chi connectivity index (χ0) is 12.8. The Morgan fingerprint density at radius 2 is 1.80 bits per heavy atom. The summed E-state index contributed by atoms with van der Waals surface area (Å²) in [5.74, 6) is 0.560. The van der Waals surface area contributed by atoms with E-state index in [9.17, 15) is 0 Å². The molecule has 2 rings (SSSR count). The van der Waals surface area contributed by atoms with E-state index >= 15 is 0 Å². The maximum Gasteiger partial charge on any atom is 2.00 e. The summed E-state index contributed by atoms with van der Waals surface area (Å²) in [6.07, 6.45) is 14.4. The van der Waals surface area contributed by atoms with Crippen molar-refractivity contribution < 1.29 is 35.6 Å². The first-order valence-corrected chi connectivity index (χ1v) is 6.60. The molecule has 0 N–H and O–H groups in total. The Morgan fingerprint density at radius 1 is 1.20 bits per heavy atom. The van der Waals surface area contributed by atoms with Gasteiger partial charge in [-0.1, -0.05) is 46.5 Å². The van der Waals surface area contributed by atoms with Crippen molar-refractivity contribution in [1.29, 1.82) is 0 Å². The quantitative estimate of drug-likeness (QED) is 0.568. The molecule has 0 fully saturated rings. The molecule has 0 saturated heterocycles. The molecular formula is C17H24F2Zr-2. The molecule has 0 amide bonds. The van der Waals surface area contributed by atoms with Gasteiger partial charge >= 0.3 is 26.2 Å². The van der Waals surface area contributed by atoms with Gasteiger partial charge in [-0.25, -0.2) is 17.2 Å². The summed E-state index contributed by atoms with van der Waals surface area (Å²) < 4.78 is 0. The predicted molar refractivity (Wildman–Crippen MR) is 75.4 cm³/mol. The molecule has 2 aliphatic rings. The van der Waals surface area contributed by atoms with Crippen LogP contribution < -0.4 is 9.41 Å². The third-order valence-electron chi connectivity index (χ3n) is 3.52. The Hall–Kier alpha value is -0.297. The summed E-state index contributed by atoms with van der Waals surface area (Å²) in [4.78, 5) is 0. The van der Waals surface area contributed by atoms with Crippen molar-refractivity contribution in [1.82, 2.24) is 0 Å². The molecule has 0 saturated carbocycles. The summed E-state index contributed by atoms with van der Waals surface area (Å²) in [5.41, 5.74) is 5.64. The Bertz CT molecular complexity index is 390. The van der Waals surface area contributed by atoms with Crippen molar-refractivity contribution in [3.8, 4) is 0 Å². The molecule has 0 radical (unpaired) electrons. The van der Waals surface area contributed by atoms with Crippen molar-refractivity contribution in [2.24, 2.45) is 5.92 Å². The molecule has 20 heavy (non-hydrogen) atoms. The Balaban J connectivity index is -0.000000252. The average molecular weight is 358 g/mol. The van der Waals surface area contributed by atoms with E-state index in [-0.39, 0.29) is 35.6 Å². The molecular weight excluding hydrogens is 333 g/mol. The third kappa shape index (κ3) is 7.48. The van der Waals surface area contributed by atoms with Gasteiger partial charge in [-0.2, -0.15) is 17.2 Å².